The van der Waals surface area contributed by atoms with Crippen molar-refractivity contribution in [3.05, 3.63) is 24.0 Å². The van der Waals surface area contributed by atoms with E-state index in [2.05, 4.69) is 4.74 Å². The van der Waals surface area contributed by atoms with Gasteiger partial charge in [0.05, 0.1) is 12.0 Å². The molecule has 1 amide bonds. The van der Waals surface area contributed by atoms with E-state index < -0.39 is 34.5 Å². The lowest BCUT2D eigenvalue weighted by molar-refractivity contribution is -0.143. The molecule has 11 heteroatoms. The van der Waals surface area contributed by atoms with Gasteiger partial charge in [-0.1, -0.05) is 0 Å². The van der Waals surface area contributed by atoms with Gasteiger partial charge < -0.3 is 19.1 Å². The second kappa shape index (κ2) is 9.06. The van der Waals surface area contributed by atoms with Gasteiger partial charge in [0.2, 0.25) is 10.0 Å². The molecule has 0 saturated carbocycles. The molecule has 1 unspecified atom stereocenters. The number of hydrogen-bond acceptors (Lipinski definition) is 7. The van der Waals surface area contributed by atoms with Crippen molar-refractivity contribution in [3.63, 3.8) is 0 Å². The van der Waals surface area contributed by atoms with Crippen molar-refractivity contribution >= 4 is 21.9 Å². The molecule has 9 nitrogen and oxygen atoms in total. The van der Waals surface area contributed by atoms with Gasteiger partial charge in [-0.3, -0.25) is 4.79 Å². The fourth-order valence-corrected chi connectivity index (χ4v) is 4.66. The molecule has 1 atom stereocenters. The number of carbonyl (C=O) groups is 2. The molecule has 0 spiro atoms. The van der Waals surface area contributed by atoms with Gasteiger partial charge in [0.1, 0.15) is 6.10 Å². The number of nitrogens with zero attached hydrogens (tertiary/aromatic N) is 2. The molecule has 3 rings (SSSR count). The fraction of sp³-hybridized carbons (Fsp3) is 0.556. The summed E-state index contributed by atoms with van der Waals surface area (Å²) in [6, 6.07) is 3.23. The van der Waals surface area contributed by atoms with Crippen LogP contribution in [0.1, 0.15) is 12.8 Å². The lowest BCUT2D eigenvalue weighted by atomic mass is 10.2. The van der Waals surface area contributed by atoms with Gasteiger partial charge in [-0.15, -0.1) is 0 Å². The molecule has 1 aromatic carbocycles. The van der Waals surface area contributed by atoms with Crippen LogP contribution in [0.2, 0.25) is 0 Å². The third-order valence-electron chi connectivity index (χ3n) is 4.87. The Morgan fingerprint density at radius 1 is 1.24 bits per heavy atom. The van der Waals surface area contributed by atoms with Crippen LogP contribution in [0, 0.1) is 5.82 Å². The first-order valence-corrected chi connectivity index (χ1v) is 10.7. The standard InChI is InChI=1S/C18H23FN2O7S/c1-26-17(22)12-28-15-5-4-13(11-14(15)19)29(24,25)21-8-6-20(7-9-21)18(23)16-3-2-10-27-16/h4-5,11,16H,2-3,6-10,12H2,1H3. The first kappa shape index (κ1) is 21.5. The van der Waals surface area contributed by atoms with E-state index in [0.717, 1.165) is 18.6 Å². The Bertz CT molecular complexity index is 863. The van der Waals surface area contributed by atoms with Crippen molar-refractivity contribution in [2.75, 3.05) is 46.5 Å². The van der Waals surface area contributed by atoms with Gasteiger partial charge >= 0.3 is 5.97 Å². The molecule has 0 bridgehead atoms. The number of piperazine rings is 1. The lowest BCUT2D eigenvalue weighted by Gasteiger charge is -2.35. The summed E-state index contributed by atoms with van der Waals surface area (Å²) >= 11 is 0. The zero-order valence-electron chi connectivity index (χ0n) is 16.0. The Hall–Kier alpha value is -2.24. The normalized spacial score (nSPS) is 20.5. The van der Waals surface area contributed by atoms with E-state index in [4.69, 9.17) is 9.47 Å². The molecule has 0 aliphatic carbocycles. The largest absolute Gasteiger partial charge is 0.479 e. The van der Waals surface area contributed by atoms with Crippen molar-refractivity contribution in [2.24, 2.45) is 0 Å². The zero-order chi connectivity index (χ0) is 21.0. The summed E-state index contributed by atoms with van der Waals surface area (Å²) in [6.45, 7) is 0.809. The molecule has 0 aromatic heterocycles. The number of halogens is 1. The molecule has 0 N–H and O–H groups in total. The molecule has 2 aliphatic heterocycles. The quantitative estimate of drug-likeness (QED) is 0.602. The average molecular weight is 430 g/mol. The summed E-state index contributed by atoms with van der Waals surface area (Å²) in [5.41, 5.74) is 0. The minimum atomic E-state index is -3.93. The van der Waals surface area contributed by atoms with Crippen LogP contribution in [0.25, 0.3) is 0 Å². The topological polar surface area (TPSA) is 102 Å². The number of ether oxygens (including phenoxy) is 3. The van der Waals surface area contributed by atoms with Crippen LogP contribution in [0.4, 0.5) is 4.39 Å². The Balaban J connectivity index is 1.63. The number of amides is 1. The van der Waals surface area contributed by atoms with Gasteiger partial charge in [-0.05, 0) is 31.0 Å². The molecule has 29 heavy (non-hydrogen) atoms. The number of carbonyl (C=O) groups excluding carboxylic acids is 2. The molecule has 0 radical (unpaired) electrons. The highest BCUT2D eigenvalue weighted by Gasteiger charge is 2.34. The Kier molecular flexibility index (Phi) is 6.70. The SMILES string of the molecule is COC(=O)COc1ccc(S(=O)(=O)N2CCN(C(=O)C3CCCO3)CC2)cc1F. The minimum Gasteiger partial charge on any atom is -0.479 e. The van der Waals surface area contributed by atoms with Gasteiger partial charge in [0, 0.05) is 32.8 Å². The van der Waals surface area contributed by atoms with Crippen LogP contribution in [0.15, 0.2) is 23.1 Å². The van der Waals surface area contributed by atoms with Crippen LogP contribution in [0.5, 0.6) is 5.75 Å². The molecule has 160 valence electrons. The number of rotatable bonds is 6. The van der Waals surface area contributed by atoms with Gasteiger partial charge in [-0.25, -0.2) is 17.6 Å². The van der Waals surface area contributed by atoms with Crippen LogP contribution in [0.3, 0.4) is 0 Å². The van der Waals surface area contributed by atoms with Crippen LogP contribution >= 0.6 is 0 Å². The Labute approximate surface area is 168 Å². The van der Waals surface area contributed by atoms with Crippen LogP contribution in [-0.2, 0) is 29.1 Å². The van der Waals surface area contributed by atoms with Crippen LogP contribution < -0.4 is 4.74 Å². The van der Waals surface area contributed by atoms with Crippen LogP contribution in [-0.4, -0.2) is 82.1 Å². The molecule has 2 aliphatic rings. The monoisotopic (exact) mass is 430 g/mol. The van der Waals surface area contributed by atoms with Gasteiger partial charge in [0.15, 0.2) is 18.2 Å². The van der Waals surface area contributed by atoms with E-state index in [9.17, 15) is 22.4 Å². The predicted molar refractivity (Wildman–Crippen MR) is 98.2 cm³/mol. The molecular formula is C18H23FN2O7S. The second-order valence-electron chi connectivity index (χ2n) is 6.69. The molecular weight excluding hydrogens is 407 g/mol. The van der Waals surface area contributed by atoms with Crippen molar-refractivity contribution in [1.82, 2.24) is 9.21 Å². The number of methoxy groups -OCH3 is 1. The third-order valence-corrected chi connectivity index (χ3v) is 6.76. The Morgan fingerprint density at radius 2 is 1.97 bits per heavy atom. The summed E-state index contributed by atoms with van der Waals surface area (Å²) in [5.74, 6) is -1.95. The van der Waals surface area contributed by atoms with Crippen molar-refractivity contribution in [1.29, 1.82) is 0 Å². The molecule has 2 saturated heterocycles. The number of hydrogen-bond donors (Lipinski definition) is 0. The Morgan fingerprint density at radius 3 is 2.55 bits per heavy atom. The molecule has 1 aromatic rings. The van der Waals surface area contributed by atoms with E-state index in [-0.39, 0.29) is 42.7 Å². The van der Waals surface area contributed by atoms with Crippen molar-refractivity contribution in [2.45, 2.75) is 23.8 Å². The van der Waals surface area contributed by atoms with E-state index >= 15 is 0 Å². The average Bonchev–Trinajstić information content (AvgIpc) is 3.27. The number of sulfonamides is 1. The van der Waals surface area contributed by atoms with E-state index in [1.54, 1.807) is 4.90 Å². The summed E-state index contributed by atoms with van der Waals surface area (Å²) in [4.78, 5) is 24.8. The minimum absolute atomic E-state index is 0.113. The molecule has 2 fully saturated rings. The van der Waals surface area contributed by atoms with Gasteiger partial charge in [0.25, 0.3) is 5.91 Å². The molecule has 2 heterocycles. The maximum atomic E-state index is 14.2. The second-order valence-corrected chi connectivity index (χ2v) is 8.63. The summed E-state index contributed by atoms with van der Waals surface area (Å²) in [6.07, 6.45) is 1.08. The first-order valence-electron chi connectivity index (χ1n) is 9.22. The highest BCUT2D eigenvalue weighted by atomic mass is 32.2. The third kappa shape index (κ3) is 4.85. The highest BCUT2D eigenvalue weighted by molar-refractivity contribution is 7.89. The lowest BCUT2D eigenvalue weighted by Crippen LogP contribution is -2.52. The smallest absolute Gasteiger partial charge is 0.343 e. The maximum Gasteiger partial charge on any atom is 0.343 e. The van der Waals surface area contributed by atoms with Crippen molar-refractivity contribution in [3.8, 4) is 5.75 Å². The maximum absolute atomic E-state index is 14.2. The van der Waals surface area contributed by atoms with E-state index in [0.29, 0.717) is 13.0 Å². The predicted octanol–water partition coefficient (Wildman–Crippen LogP) is 0.389. The van der Waals surface area contributed by atoms with E-state index in [1.165, 1.54) is 17.5 Å². The van der Waals surface area contributed by atoms with Crippen molar-refractivity contribution < 1.29 is 36.6 Å². The van der Waals surface area contributed by atoms with E-state index in [1.807, 2.05) is 0 Å². The summed E-state index contributed by atoms with van der Waals surface area (Å²) in [7, 11) is -2.76. The highest BCUT2D eigenvalue weighted by Crippen LogP contribution is 2.25. The summed E-state index contributed by atoms with van der Waals surface area (Å²) < 4.78 is 55.8. The first-order chi connectivity index (χ1) is 13.8. The fourth-order valence-electron chi connectivity index (χ4n) is 3.23. The summed E-state index contributed by atoms with van der Waals surface area (Å²) in [5, 5.41) is 0. The van der Waals surface area contributed by atoms with Gasteiger partial charge in [-0.2, -0.15) is 4.31 Å². The number of benzene rings is 1. The number of esters is 1. The zero-order valence-corrected chi connectivity index (χ0v) is 16.8.